The molecule has 1 amide bonds. The minimum atomic E-state index is -4.26. The van der Waals surface area contributed by atoms with Crippen LogP contribution >= 0.6 is 11.8 Å². The molecule has 38 heavy (non-hydrogen) atoms. The van der Waals surface area contributed by atoms with E-state index in [0.717, 1.165) is 69.9 Å². The highest BCUT2D eigenvalue weighted by atomic mass is 32.2. The van der Waals surface area contributed by atoms with Gasteiger partial charge in [0.25, 0.3) is 0 Å². The van der Waals surface area contributed by atoms with Crippen LogP contribution in [0, 0.1) is 18.8 Å². The highest BCUT2D eigenvalue weighted by Crippen LogP contribution is 2.37. The summed E-state index contributed by atoms with van der Waals surface area (Å²) in [5.41, 5.74) is -0.474. The van der Waals surface area contributed by atoms with Crippen molar-refractivity contribution < 1.29 is 18.0 Å². The number of amides is 1. The number of halogens is 3. The largest absolute Gasteiger partial charge is 0.446 e. The molecule has 0 bridgehead atoms. The Labute approximate surface area is 231 Å². The molecule has 2 saturated heterocycles. The smallest absolute Gasteiger partial charge is 0.342 e. The van der Waals surface area contributed by atoms with Gasteiger partial charge in [-0.05, 0) is 118 Å². The van der Waals surface area contributed by atoms with Crippen LogP contribution in [0.1, 0.15) is 62.6 Å². The number of alkyl halides is 3. The summed E-state index contributed by atoms with van der Waals surface area (Å²) in [4.78, 5) is 17.6. The van der Waals surface area contributed by atoms with E-state index in [1.165, 1.54) is 30.4 Å². The third-order valence-electron chi connectivity index (χ3n) is 7.77. The number of thioether (sulfide) groups is 1. The van der Waals surface area contributed by atoms with E-state index >= 15 is 0 Å². The Morgan fingerprint density at radius 1 is 0.895 bits per heavy atom. The summed E-state index contributed by atoms with van der Waals surface area (Å²) < 4.78 is 37.6. The van der Waals surface area contributed by atoms with Crippen LogP contribution < -0.4 is 0 Å². The quantitative estimate of drug-likeness (QED) is 0.299. The van der Waals surface area contributed by atoms with Gasteiger partial charge in [0.1, 0.15) is 0 Å². The number of hydrogen-bond donors (Lipinski definition) is 0. The van der Waals surface area contributed by atoms with Gasteiger partial charge in [0.15, 0.2) is 0 Å². The summed E-state index contributed by atoms with van der Waals surface area (Å²) in [5.74, 6) is 1.37. The average molecular weight is 549 g/mol. The van der Waals surface area contributed by atoms with Crippen molar-refractivity contribution >= 4 is 17.7 Å². The fraction of sp³-hybridized carbons (Fsp3) is 0.581. The fourth-order valence-electron chi connectivity index (χ4n) is 5.70. The molecular formula is C31H43F3N2OS. The molecule has 0 radical (unpaired) electrons. The minimum Gasteiger partial charge on any atom is -0.342 e. The molecule has 0 aromatic heterocycles. The van der Waals surface area contributed by atoms with E-state index in [-0.39, 0.29) is 30.0 Å². The lowest BCUT2D eigenvalue weighted by Gasteiger charge is -2.34. The van der Waals surface area contributed by atoms with Gasteiger partial charge in [-0.15, -0.1) is 0 Å². The number of rotatable bonds is 9. The summed E-state index contributed by atoms with van der Waals surface area (Å²) in [7, 11) is 0. The van der Waals surface area contributed by atoms with Crippen LogP contribution in [0.2, 0.25) is 0 Å². The first kappa shape index (κ1) is 30.6. The van der Waals surface area contributed by atoms with Gasteiger partial charge in [0, 0.05) is 24.4 Å². The monoisotopic (exact) mass is 548 g/mol. The molecule has 2 aromatic rings. The predicted molar refractivity (Wildman–Crippen MR) is 151 cm³/mol. The average Bonchev–Trinajstić information content (AvgIpc) is 2.87. The molecule has 2 heterocycles. The Morgan fingerprint density at radius 2 is 1.50 bits per heavy atom. The summed E-state index contributed by atoms with van der Waals surface area (Å²) >= 11 is -0.0783. The van der Waals surface area contributed by atoms with E-state index < -0.39 is 5.51 Å². The molecule has 0 saturated carbocycles. The normalized spacial score (nSPS) is 19.3. The van der Waals surface area contributed by atoms with E-state index in [0.29, 0.717) is 12.3 Å². The number of likely N-dealkylation sites (tertiary alicyclic amines) is 2. The van der Waals surface area contributed by atoms with Crippen LogP contribution in [-0.2, 0) is 17.6 Å². The van der Waals surface area contributed by atoms with Crippen molar-refractivity contribution in [2.24, 2.45) is 11.8 Å². The summed E-state index contributed by atoms with van der Waals surface area (Å²) in [6.45, 7) is 6.93. The second kappa shape index (κ2) is 14.4. The molecule has 0 aliphatic carbocycles. The Balaban J connectivity index is 0.00000400. The Kier molecular flexibility index (Phi) is 11.6. The van der Waals surface area contributed by atoms with Gasteiger partial charge in [0.05, 0.1) is 0 Å². The number of benzene rings is 2. The molecule has 0 spiro atoms. The zero-order valence-corrected chi connectivity index (χ0v) is 22.6. The Hall–Kier alpha value is -1.99. The van der Waals surface area contributed by atoms with Gasteiger partial charge in [0.2, 0.25) is 5.91 Å². The van der Waals surface area contributed by atoms with Crippen molar-refractivity contribution in [1.29, 1.82) is 0 Å². The van der Waals surface area contributed by atoms with Crippen molar-refractivity contribution in [3.63, 3.8) is 0 Å². The van der Waals surface area contributed by atoms with Crippen molar-refractivity contribution in [2.45, 2.75) is 76.1 Å². The maximum Gasteiger partial charge on any atom is 0.446 e. The molecule has 2 aliphatic rings. The van der Waals surface area contributed by atoms with Crippen LogP contribution in [0.25, 0.3) is 0 Å². The molecular weight excluding hydrogens is 505 g/mol. The van der Waals surface area contributed by atoms with Crippen molar-refractivity contribution in [3.05, 3.63) is 65.2 Å². The fourth-order valence-corrected chi connectivity index (χ4v) is 6.24. The van der Waals surface area contributed by atoms with Crippen LogP contribution in [0.5, 0.6) is 0 Å². The second-order valence-corrected chi connectivity index (χ2v) is 12.0. The first-order valence-electron chi connectivity index (χ1n) is 13.6. The van der Waals surface area contributed by atoms with Gasteiger partial charge >= 0.3 is 5.51 Å². The third kappa shape index (κ3) is 9.96. The molecule has 3 nitrogen and oxygen atoms in total. The Morgan fingerprint density at radius 3 is 2.13 bits per heavy atom. The summed E-state index contributed by atoms with van der Waals surface area (Å²) in [6.07, 6.45) is 7.97. The number of nitrogens with zero attached hydrogens (tertiary/aromatic N) is 2. The highest BCUT2D eigenvalue weighted by molar-refractivity contribution is 8.00. The number of aryl methyl sites for hydroxylation is 1. The van der Waals surface area contributed by atoms with E-state index in [9.17, 15) is 18.0 Å². The molecule has 0 N–H and O–H groups in total. The van der Waals surface area contributed by atoms with Crippen molar-refractivity contribution in [3.8, 4) is 0 Å². The molecule has 2 aliphatic heterocycles. The van der Waals surface area contributed by atoms with Crippen LogP contribution in [0.3, 0.4) is 0 Å². The summed E-state index contributed by atoms with van der Waals surface area (Å²) in [5, 5.41) is 0. The van der Waals surface area contributed by atoms with E-state index in [2.05, 4.69) is 36.1 Å². The zero-order chi connectivity index (χ0) is 26.3. The number of hydrogen-bond acceptors (Lipinski definition) is 3. The van der Waals surface area contributed by atoms with Crippen molar-refractivity contribution in [2.75, 3.05) is 32.7 Å². The summed E-state index contributed by atoms with van der Waals surface area (Å²) in [6, 6.07) is 15.6. The lowest BCUT2D eigenvalue weighted by atomic mass is 9.90. The van der Waals surface area contributed by atoms with Crippen LogP contribution in [0.4, 0.5) is 13.2 Å². The van der Waals surface area contributed by atoms with Gasteiger partial charge in [-0.2, -0.15) is 13.2 Å². The maximum atomic E-state index is 12.9. The highest BCUT2D eigenvalue weighted by Gasteiger charge is 2.29. The van der Waals surface area contributed by atoms with Crippen LogP contribution in [-0.4, -0.2) is 53.9 Å². The number of carbonyl (C=O) groups is 1. The van der Waals surface area contributed by atoms with E-state index in [1.54, 1.807) is 24.3 Å². The van der Waals surface area contributed by atoms with Gasteiger partial charge < -0.3 is 9.80 Å². The second-order valence-electron chi connectivity index (χ2n) is 10.8. The standard InChI is InChI=1S/C30H39F3N2OS.CH4/c1-23-6-8-24(9-7-23)20-26-14-18-34(19-15-26)16-3-5-29(36)35-17-2-4-27(22-35)21-25-10-12-28(13-11-25)37-30(31,32)33;/h6-13,26-27H,2-5,14-22H2,1H3;1H4/t27-;/m1./s1. The van der Waals surface area contributed by atoms with Crippen LogP contribution in [0.15, 0.2) is 53.4 Å². The first-order chi connectivity index (χ1) is 17.7. The minimum absolute atomic E-state index is 0. The van der Waals surface area contributed by atoms with Gasteiger partial charge in [-0.1, -0.05) is 49.4 Å². The lowest BCUT2D eigenvalue weighted by molar-refractivity contribution is -0.133. The van der Waals surface area contributed by atoms with E-state index in [4.69, 9.17) is 0 Å². The molecule has 210 valence electrons. The molecule has 2 aromatic carbocycles. The lowest BCUT2D eigenvalue weighted by Crippen LogP contribution is -2.41. The molecule has 2 fully saturated rings. The maximum absolute atomic E-state index is 12.9. The molecule has 1 atom stereocenters. The molecule has 0 unspecified atom stereocenters. The SMILES string of the molecule is C.Cc1ccc(CC2CCN(CCCC(=O)N3CCC[C@H](Cc4ccc(SC(F)(F)F)cc4)C3)CC2)cc1. The number of carbonyl (C=O) groups excluding carboxylic acids is 1. The van der Waals surface area contributed by atoms with Gasteiger partial charge in [-0.25, -0.2) is 0 Å². The van der Waals surface area contributed by atoms with Gasteiger partial charge in [-0.3, -0.25) is 4.79 Å². The topological polar surface area (TPSA) is 23.6 Å². The predicted octanol–water partition coefficient (Wildman–Crippen LogP) is 7.76. The number of piperidine rings is 2. The molecule has 7 heteroatoms. The third-order valence-corrected chi connectivity index (χ3v) is 8.51. The van der Waals surface area contributed by atoms with Crippen molar-refractivity contribution in [1.82, 2.24) is 9.80 Å². The molecule has 4 rings (SSSR count). The zero-order valence-electron chi connectivity index (χ0n) is 21.8. The first-order valence-corrected chi connectivity index (χ1v) is 14.5. The Bertz CT molecular complexity index is 986. The van der Waals surface area contributed by atoms with E-state index in [1.807, 2.05) is 4.90 Å².